The first-order valence-corrected chi connectivity index (χ1v) is 9.54. The first kappa shape index (κ1) is 17.7. The summed E-state index contributed by atoms with van der Waals surface area (Å²) in [6.45, 7) is 0. The van der Waals surface area contributed by atoms with E-state index < -0.39 is 0 Å². The van der Waals surface area contributed by atoms with Crippen LogP contribution in [0.4, 0.5) is 0 Å². The number of hydrogen-bond acceptors (Lipinski definition) is 4. The number of ether oxygens (including phenoxy) is 2. The molecule has 0 aliphatic heterocycles. The third-order valence-corrected chi connectivity index (χ3v) is 5.01. The average molecular weight is 327 g/mol. The zero-order chi connectivity index (χ0) is 15.6. The Morgan fingerprint density at radius 3 is 1.86 bits per heavy atom. The number of rotatable bonds is 7. The fraction of sp³-hybridized carbons (Fsp3) is 0.889. The van der Waals surface area contributed by atoms with Crippen LogP contribution < -0.4 is 0 Å². The van der Waals surface area contributed by atoms with E-state index in [0.29, 0.717) is 12.5 Å². The molecule has 2 aliphatic carbocycles. The van der Waals surface area contributed by atoms with E-state index in [2.05, 4.69) is 0 Å². The van der Waals surface area contributed by atoms with Gasteiger partial charge < -0.3 is 9.47 Å². The molecule has 2 aliphatic rings. The minimum Gasteiger partial charge on any atom is -0.484 e. The largest absolute Gasteiger partial charge is 0.484 e. The number of carbonyl (C=O) groups is 1. The van der Waals surface area contributed by atoms with Gasteiger partial charge in [0.05, 0.1) is 6.10 Å². The molecule has 2 rings (SSSR count). The minimum atomic E-state index is -0.0361. The molecule has 0 spiro atoms. The van der Waals surface area contributed by atoms with Gasteiger partial charge in [-0.2, -0.15) is 0 Å². The minimum absolute atomic E-state index is 0.0361. The number of esters is 1. The normalized spacial score (nSPS) is 20.5. The number of unbranched alkanes of at least 4 members (excludes halogenated alkanes) is 1. The van der Waals surface area contributed by atoms with Crippen LogP contribution >= 0.6 is 12.2 Å². The molecule has 0 saturated heterocycles. The highest BCUT2D eigenvalue weighted by Gasteiger charge is 2.18. The van der Waals surface area contributed by atoms with Gasteiger partial charge in [-0.05, 0) is 76.4 Å². The summed E-state index contributed by atoms with van der Waals surface area (Å²) in [5.41, 5.74) is 0. The SMILES string of the molecule is O=C(CCCCC(=S)OC1CCCCC1)OC1CCCCC1. The molecule has 0 N–H and O–H groups in total. The maximum Gasteiger partial charge on any atom is 0.306 e. The highest BCUT2D eigenvalue weighted by Crippen LogP contribution is 2.22. The van der Waals surface area contributed by atoms with E-state index in [1.807, 2.05) is 0 Å². The van der Waals surface area contributed by atoms with Crippen molar-refractivity contribution in [3.8, 4) is 0 Å². The van der Waals surface area contributed by atoms with Gasteiger partial charge in [-0.15, -0.1) is 0 Å². The summed E-state index contributed by atoms with van der Waals surface area (Å²) in [5.74, 6) is -0.0361. The predicted octanol–water partition coefficient (Wildman–Crippen LogP) is 5.10. The topological polar surface area (TPSA) is 35.5 Å². The number of hydrogen-bond donors (Lipinski definition) is 0. The van der Waals surface area contributed by atoms with Gasteiger partial charge in [0, 0.05) is 12.8 Å². The maximum atomic E-state index is 11.8. The van der Waals surface area contributed by atoms with E-state index in [-0.39, 0.29) is 12.1 Å². The van der Waals surface area contributed by atoms with Crippen LogP contribution in [0.25, 0.3) is 0 Å². The fourth-order valence-corrected chi connectivity index (χ4v) is 3.67. The zero-order valence-electron chi connectivity index (χ0n) is 13.7. The van der Waals surface area contributed by atoms with E-state index in [0.717, 1.165) is 50.0 Å². The highest BCUT2D eigenvalue weighted by atomic mass is 32.1. The molecule has 0 amide bonds. The van der Waals surface area contributed by atoms with Crippen molar-refractivity contribution < 1.29 is 14.3 Å². The quantitative estimate of drug-likeness (QED) is 0.370. The summed E-state index contributed by atoms with van der Waals surface area (Å²) in [4.78, 5) is 11.8. The zero-order valence-corrected chi connectivity index (χ0v) is 14.5. The third-order valence-electron chi connectivity index (χ3n) is 4.71. The molecule has 0 atom stereocenters. The van der Waals surface area contributed by atoms with Gasteiger partial charge in [0.25, 0.3) is 0 Å². The van der Waals surface area contributed by atoms with Crippen LogP contribution in [0.5, 0.6) is 0 Å². The molecule has 0 heterocycles. The molecule has 0 bridgehead atoms. The van der Waals surface area contributed by atoms with Crippen molar-refractivity contribution in [2.75, 3.05) is 0 Å². The highest BCUT2D eigenvalue weighted by molar-refractivity contribution is 7.80. The Morgan fingerprint density at radius 1 is 0.773 bits per heavy atom. The molecular formula is C18H30O3S. The van der Waals surface area contributed by atoms with Gasteiger partial charge in [0.15, 0.2) is 5.05 Å². The Bertz CT molecular complexity index is 310. The Kier molecular flexibility index (Phi) is 8.21. The molecule has 0 aromatic rings. The van der Waals surface area contributed by atoms with Crippen molar-refractivity contribution in [1.29, 1.82) is 0 Å². The second-order valence-corrected chi connectivity index (χ2v) is 7.16. The Labute approximate surface area is 140 Å². The standard InChI is InChI=1S/C18H30O3S/c19-17(20-15-9-3-1-4-10-15)13-7-8-14-18(22)21-16-11-5-2-6-12-16/h15-16H,1-14H2. The van der Waals surface area contributed by atoms with Crippen LogP contribution in [-0.2, 0) is 14.3 Å². The Balaban J connectivity index is 1.48. The maximum absolute atomic E-state index is 11.8. The Morgan fingerprint density at radius 2 is 1.27 bits per heavy atom. The van der Waals surface area contributed by atoms with Crippen molar-refractivity contribution in [1.82, 2.24) is 0 Å². The lowest BCUT2D eigenvalue weighted by atomic mass is 9.98. The van der Waals surface area contributed by atoms with E-state index >= 15 is 0 Å². The van der Waals surface area contributed by atoms with Crippen LogP contribution in [0.15, 0.2) is 0 Å². The van der Waals surface area contributed by atoms with Gasteiger partial charge in [-0.1, -0.05) is 12.8 Å². The lowest BCUT2D eigenvalue weighted by Crippen LogP contribution is -2.21. The van der Waals surface area contributed by atoms with E-state index in [4.69, 9.17) is 21.7 Å². The lowest BCUT2D eigenvalue weighted by Gasteiger charge is -2.23. The van der Waals surface area contributed by atoms with Crippen molar-refractivity contribution >= 4 is 23.2 Å². The molecule has 3 nitrogen and oxygen atoms in total. The van der Waals surface area contributed by atoms with E-state index in [1.165, 1.54) is 38.5 Å². The van der Waals surface area contributed by atoms with Gasteiger partial charge in [-0.25, -0.2) is 0 Å². The first-order chi connectivity index (χ1) is 10.7. The molecule has 4 heteroatoms. The van der Waals surface area contributed by atoms with Crippen molar-refractivity contribution in [3.63, 3.8) is 0 Å². The number of carbonyl (C=O) groups excluding carboxylic acids is 1. The molecule has 2 fully saturated rings. The smallest absolute Gasteiger partial charge is 0.306 e. The summed E-state index contributed by atoms with van der Waals surface area (Å²) in [6, 6.07) is 0. The van der Waals surface area contributed by atoms with Crippen molar-refractivity contribution in [3.05, 3.63) is 0 Å². The van der Waals surface area contributed by atoms with Crippen LogP contribution in [0.3, 0.4) is 0 Å². The van der Waals surface area contributed by atoms with Crippen LogP contribution in [0.1, 0.15) is 89.9 Å². The predicted molar refractivity (Wildman–Crippen MR) is 92.0 cm³/mol. The van der Waals surface area contributed by atoms with Gasteiger partial charge in [0.1, 0.15) is 6.10 Å². The fourth-order valence-electron chi connectivity index (χ4n) is 3.39. The van der Waals surface area contributed by atoms with Gasteiger partial charge in [-0.3, -0.25) is 4.79 Å². The Hall–Kier alpha value is -0.640. The molecule has 0 aromatic carbocycles. The van der Waals surface area contributed by atoms with Crippen LogP contribution in [-0.4, -0.2) is 23.2 Å². The second-order valence-electron chi connectivity index (χ2n) is 6.71. The summed E-state index contributed by atoms with van der Waals surface area (Å²) < 4.78 is 11.4. The molecule has 126 valence electrons. The molecular weight excluding hydrogens is 296 g/mol. The van der Waals surface area contributed by atoms with Crippen LogP contribution in [0.2, 0.25) is 0 Å². The second kappa shape index (κ2) is 10.2. The van der Waals surface area contributed by atoms with Gasteiger partial charge >= 0.3 is 5.97 Å². The van der Waals surface area contributed by atoms with Crippen molar-refractivity contribution in [2.45, 2.75) is 102 Å². The molecule has 2 saturated carbocycles. The first-order valence-electron chi connectivity index (χ1n) is 9.13. The average Bonchev–Trinajstić information content (AvgIpc) is 2.53. The molecule has 0 unspecified atom stereocenters. The monoisotopic (exact) mass is 326 g/mol. The van der Waals surface area contributed by atoms with E-state index in [9.17, 15) is 4.79 Å². The summed E-state index contributed by atoms with van der Waals surface area (Å²) in [5, 5.41) is 0.729. The van der Waals surface area contributed by atoms with E-state index in [1.54, 1.807) is 0 Å². The molecule has 0 aromatic heterocycles. The summed E-state index contributed by atoms with van der Waals surface area (Å²) in [6.07, 6.45) is 15.5. The van der Waals surface area contributed by atoms with Crippen LogP contribution in [0, 0.1) is 0 Å². The lowest BCUT2D eigenvalue weighted by molar-refractivity contribution is -0.150. The molecule has 22 heavy (non-hydrogen) atoms. The summed E-state index contributed by atoms with van der Waals surface area (Å²) >= 11 is 5.31. The third kappa shape index (κ3) is 7.08. The summed E-state index contributed by atoms with van der Waals surface area (Å²) in [7, 11) is 0. The van der Waals surface area contributed by atoms with Gasteiger partial charge in [0.2, 0.25) is 0 Å². The number of thiocarbonyl (C=S) groups is 1. The van der Waals surface area contributed by atoms with Crippen molar-refractivity contribution in [2.24, 2.45) is 0 Å². The molecule has 0 radical (unpaired) electrons.